The van der Waals surface area contributed by atoms with Gasteiger partial charge in [0.25, 0.3) is 0 Å². The number of nitrogens with one attached hydrogen (secondary N) is 1. The van der Waals surface area contributed by atoms with Crippen molar-refractivity contribution in [2.45, 2.75) is 51.7 Å². The van der Waals surface area contributed by atoms with E-state index in [1.54, 1.807) is 0 Å². The van der Waals surface area contributed by atoms with Crippen LogP contribution in [0.5, 0.6) is 0 Å². The topological polar surface area (TPSA) is 21.3 Å². The van der Waals surface area contributed by atoms with E-state index < -0.39 is 0 Å². The van der Waals surface area contributed by atoms with E-state index in [4.69, 9.17) is 16.3 Å². The largest absolute Gasteiger partial charge is 0.377 e. The third kappa shape index (κ3) is 4.20. The van der Waals surface area contributed by atoms with Crippen LogP contribution in [-0.2, 0) is 11.2 Å². The zero-order valence-corrected chi connectivity index (χ0v) is 13.3. The van der Waals surface area contributed by atoms with Gasteiger partial charge in [-0.15, -0.1) is 0 Å². The molecule has 2 nitrogen and oxygen atoms in total. The molecule has 0 aliphatic carbocycles. The predicted octanol–water partition coefficient (Wildman–Crippen LogP) is 4.07. The molecule has 1 unspecified atom stereocenters. The van der Waals surface area contributed by atoms with E-state index >= 15 is 0 Å². The Morgan fingerprint density at radius 3 is 2.16 bits per heavy atom. The van der Waals surface area contributed by atoms with Crippen molar-refractivity contribution >= 4 is 11.6 Å². The van der Waals surface area contributed by atoms with Crippen LogP contribution in [0, 0.1) is 0 Å². The average Bonchev–Trinajstić information content (AvgIpc) is 2.44. The lowest BCUT2D eigenvalue weighted by Gasteiger charge is -2.39. The van der Waals surface area contributed by atoms with Gasteiger partial charge in [0.2, 0.25) is 0 Å². The number of benzene rings is 1. The molecule has 0 aromatic heterocycles. The van der Waals surface area contributed by atoms with Gasteiger partial charge >= 0.3 is 0 Å². The molecule has 1 atom stereocenters. The Balaban J connectivity index is 2.90. The number of methoxy groups -OCH3 is 1. The van der Waals surface area contributed by atoms with E-state index in [2.05, 4.69) is 38.2 Å². The minimum Gasteiger partial charge on any atom is -0.377 e. The van der Waals surface area contributed by atoms with Crippen molar-refractivity contribution in [3.63, 3.8) is 0 Å². The first kappa shape index (κ1) is 16.5. The molecule has 1 aromatic carbocycles. The first-order chi connectivity index (χ1) is 9.11. The van der Waals surface area contributed by atoms with Crippen molar-refractivity contribution in [2.24, 2.45) is 0 Å². The van der Waals surface area contributed by atoms with Crippen molar-refractivity contribution in [2.75, 3.05) is 13.7 Å². The van der Waals surface area contributed by atoms with Gasteiger partial charge in [-0.1, -0.05) is 44.5 Å². The van der Waals surface area contributed by atoms with Crippen LogP contribution in [0.1, 0.15) is 39.2 Å². The van der Waals surface area contributed by atoms with Crippen molar-refractivity contribution in [1.29, 1.82) is 0 Å². The molecule has 19 heavy (non-hydrogen) atoms. The van der Waals surface area contributed by atoms with Crippen LogP contribution in [0.15, 0.2) is 24.3 Å². The highest BCUT2D eigenvalue weighted by molar-refractivity contribution is 6.30. The van der Waals surface area contributed by atoms with Gasteiger partial charge in [-0.3, -0.25) is 0 Å². The molecule has 0 radical (unpaired) electrons. The standard InChI is InChI=1S/C16H26ClNO/c1-5-16(6-2,19-4)15(18-7-3)12-13-8-10-14(17)11-9-13/h8-11,15,18H,5-7,12H2,1-4H3. The van der Waals surface area contributed by atoms with Gasteiger partial charge in [0, 0.05) is 18.2 Å². The Hall–Kier alpha value is -0.570. The summed E-state index contributed by atoms with van der Waals surface area (Å²) in [6.07, 6.45) is 2.97. The summed E-state index contributed by atoms with van der Waals surface area (Å²) in [4.78, 5) is 0. The molecule has 0 heterocycles. The lowest BCUT2D eigenvalue weighted by atomic mass is 9.84. The van der Waals surface area contributed by atoms with E-state index in [0.717, 1.165) is 30.8 Å². The van der Waals surface area contributed by atoms with Gasteiger partial charge in [-0.2, -0.15) is 0 Å². The van der Waals surface area contributed by atoms with Gasteiger partial charge < -0.3 is 10.1 Å². The Bertz CT molecular complexity index is 351. The SMILES string of the molecule is CCNC(Cc1ccc(Cl)cc1)C(CC)(CC)OC. The Labute approximate surface area is 122 Å². The maximum absolute atomic E-state index is 5.94. The smallest absolute Gasteiger partial charge is 0.0828 e. The number of halogens is 1. The molecule has 108 valence electrons. The fraction of sp³-hybridized carbons (Fsp3) is 0.625. The van der Waals surface area contributed by atoms with Crippen LogP contribution in [-0.4, -0.2) is 25.3 Å². The fourth-order valence-corrected chi connectivity index (χ4v) is 2.85. The van der Waals surface area contributed by atoms with Gasteiger partial charge in [-0.25, -0.2) is 0 Å². The van der Waals surface area contributed by atoms with Crippen LogP contribution >= 0.6 is 11.6 Å². The number of rotatable bonds is 8. The molecular formula is C16H26ClNO. The lowest BCUT2D eigenvalue weighted by Crippen LogP contribution is -2.52. The highest BCUT2D eigenvalue weighted by atomic mass is 35.5. The number of likely N-dealkylation sites (N-methyl/N-ethyl adjacent to an activating group) is 1. The molecule has 1 aromatic rings. The maximum Gasteiger partial charge on any atom is 0.0828 e. The second kappa shape index (κ2) is 7.88. The highest BCUT2D eigenvalue weighted by Gasteiger charge is 2.35. The monoisotopic (exact) mass is 283 g/mol. The Morgan fingerprint density at radius 2 is 1.74 bits per heavy atom. The minimum atomic E-state index is -0.102. The molecular weight excluding hydrogens is 258 g/mol. The second-order valence-corrected chi connectivity index (χ2v) is 5.35. The maximum atomic E-state index is 5.94. The summed E-state index contributed by atoms with van der Waals surface area (Å²) in [6, 6.07) is 8.41. The zero-order valence-electron chi connectivity index (χ0n) is 12.5. The van der Waals surface area contributed by atoms with Crippen LogP contribution < -0.4 is 5.32 Å². The highest BCUT2D eigenvalue weighted by Crippen LogP contribution is 2.27. The third-order valence-electron chi connectivity index (χ3n) is 4.04. The number of hydrogen-bond acceptors (Lipinski definition) is 2. The molecule has 1 N–H and O–H groups in total. The third-order valence-corrected chi connectivity index (χ3v) is 4.29. The number of ether oxygens (including phenoxy) is 1. The summed E-state index contributed by atoms with van der Waals surface area (Å²) in [6.45, 7) is 7.47. The summed E-state index contributed by atoms with van der Waals surface area (Å²) in [5.74, 6) is 0. The van der Waals surface area contributed by atoms with E-state index in [1.165, 1.54) is 5.56 Å². The second-order valence-electron chi connectivity index (χ2n) is 4.92. The first-order valence-electron chi connectivity index (χ1n) is 7.14. The van der Waals surface area contributed by atoms with Crippen LogP contribution in [0.25, 0.3) is 0 Å². The molecule has 0 saturated carbocycles. The van der Waals surface area contributed by atoms with E-state index in [9.17, 15) is 0 Å². The molecule has 0 saturated heterocycles. The molecule has 0 spiro atoms. The van der Waals surface area contributed by atoms with E-state index in [1.807, 2.05) is 19.2 Å². The van der Waals surface area contributed by atoms with Crippen molar-refractivity contribution in [3.05, 3.63) is 34.9 Å². The minimum absolute atomic E-state index is 0.102. The summed E-state index contributed by atoms with van der Waals surface area (Å²) >= 11 is 5.94. The molecule has 0 amide bonds. The van der Waals surface area contributed by atoms with E-state index in [-0.39, 0.29) is 5.60 Å². The summed E-state index contributed by atoms with van der Waals surface area (Å²) in [5.41, 5.74) is 1.19. The normalized spacial score (nSPS) is 13.5. The molecule has 3 heteroatoms. The van der Waals surface area contributed by atoms with Crippen LogP contribution in [0.2, 0.25) is 5.02 Å². The van der Waals surface area contributed by atoms with Gasteiger partial charge in [0.05, 0.1) is 5.60 Å². The molecule has 1 rings (SSSR count). The summed E-state index contributed by atoms with van der Waals surface area (Å²) in [5, 5.41) is 4.37. The van der Waals surface area contributed by atoms with E-state index in [0.29, 0.717) is 6.04 Å². The molecule has 0 aliphatic heterocycles. The van der Waals surface area contributed by atoms with Crippen molar-refractivity contribution in [3.8, 4) is 0 Å². The van der Waals surface area contributed by atoms with Gasteiger partial charge in [0.15, 0.2) is 0 Å². The van der Waals surface area contributed by atoms with Gasteiger partial charge in [-0.05, 0) is 43.5 Å². The van der Waals surface area contributed by atoms with Crippen LogP contribution in [0.4, 0.5) is 0 Å². The predicted molar refractivity (Wildman–Crippen MR) is 82.9 cm³/mol. The van der Waals surface area contributed by atoms with Crippen molar-refractivity contribution in [1.82, 2.24) is 5.32 Å². The van der Waals surface area contributed by atoms with Gasteiger partial charge in [0.1, 0.15) is 0 Å². The van der Waals surface area contributed by atoms with Crippen LogP contribution in [0.3, 0.4) is 0 Å². The quantitative estimate of drug-likeness (QED) is 0.777. The Morgan fingerprint density at radius 1 is 1.16 bits per heavy atom. The number of hydrogen-bond donors (Lipinski definition) is 1. The summed E-state index contributed by atoms with van der Waals surface area (Å²) < 4.78 is 5.86. The Kier molecular flexibility index (Phi) is 6.84. The zero-order chi connectivity index (χ0) is 14.3. The average molecular weight is 284 g/mol. The molecule has 0 bridgehead atoms. The van der Waals surface area contributed by atoms with Crippen molar-refractivity contribution < 1.29 is 4.74 Å². The molecule has 0 fully saturated rings. The fourth-order valence-electron chi connectivity index (χ4n) is 2.72. The first-order valence-corrected chi connectivity index (χ1v) is 7.52. The molecule has 0 aliphatic rings. The summed E-state index contributed by atoms with van der Waals surface area (Å²) in [7, 11) is 1.82. The lowest BCUT2D eigenvalue weighted by molar-refractivity contribution is -0.0468.